The standard InChI is InChI=1S/C12H22N2O4/c1-3-12(2,10(16)17)13-11(18)14-6-4-9(8-14)5-7-15/h9,15H,3-8H2,1-2H3,(H,13,18)(H,16,17). The first-order valence-electron chi connectivity index (χ1n) is 6.34. The Morgan fingerprint density at radius 1 is 1.50 bits per heavy atom. The van der Waals surface area contributed by atoms with Crippen LogP contribution in [0.3, 0.4) is 0 Å². The van der Waals surface area contributed by atoms with Crippen LogP contribution >= 0.6 is 0 Å². The number of carboxylic acids is 1. The summed E-state index contributed by atoms with van der Waals surface area (Å²) in [6.07, 6.45) is 1.89. The van der Waals surface area contributed by atoms with E-state index >= 15 is 0 Å². The fourth-order valence-electron chi connectivity index (χ4n) is 2.04. The van der Waals surface area contributed by atoms with Crippen LogP contribution in [0.25, 0.3) is 0 Å². The first-order chi connectivity index (χ1) is 8.42. The molecule has 1 aliphatic rings. The van der Waals surface area contributed by atoms with Crippen molar-refractivity contribution in [1.29, 1.82) is 0 Å². The highest BCUT2D eigenvalue weighted by molar-refractivity contribution is 5.85. The quantitative estimate of drug-likeness (QED) is 0.675. The zero-order valence-corrected chi connectivity index (χ0v) is 11.0. The number of carboxylic acid groups (broad SMARTS) is 1. The Labute approximate surface area is 107 Å². The van der Waals surface area contributed by atoms with E-state index in [1.54, 1.807) is 11.8 Å². The smallest absolute Gasteiger partial charge is 0.329 e. The van der Waals surface area contributed by atoms with Crippen molar-refractivity contribution in [3.63, 3.8) is 0 Å². The zero-order chi connectivity index (χ0) is 13.8. The molecule has 0 radical (unpaired) electrons. The largest absolute Gasteiger partial charge is 0.480 e. The fraction of sp³-hybridized carbons (Fsp3) is 0.833. The number of likely N-dealkylation sites (tertiary alicyclic amines) is 1. The third-order valence-corrected chi connectivity index (χ3v) is 3.67. The van der Waals surface area contributed by atoms with Gasteiger partial charge in [0.1, 0.15) is 5.54 Å². The van der Waals surface area contributed by atoms with E-state index in [4.69, 9.17) is 10.2 Å². The lowest BCUT2D eigenvalue weighted by molar-refractivity contribution is -0.143. The molecule has 2 atom stereocenters. The molecule has 0 aliphatic carbocycles. The molecule has 1 heterocycles. The molecule has 0 saturated carbocycles. The van der Waals surface area contributed by atoms with E-state index in [0.717, 1.165) is 6.42 Å². The molecule has 6 nitrogen and oxygen atoms in total. The van der Waals surface area contributed by atoms with Gasteiger partial charge in [0.25, 0.3) is 0 Å². The summed E-state index contributed by atoms with van der Waals surface area (Å²) in [4.78, 5) is 24.7. The molecule has 0 aromatic rings. The second-order valence-corrected chi connectivity index (χ2v) is 5.03. The van der Waals surface area contributed by atoms with Gasteiger partial charge < -0.3 is 20.4 Å². The number of hydrogen-bond acceptors (Lipinski definition) is 3. The number of amides is 2. The highest BCUT2D eigenvalue weighted by Crippen LogP contribution is 2.20. The van der Waals surface area contributed by atoms with Gasteiger partial charge in [-0.1, -0.05) is 6.92 Å². The van der Waals surface area contributed by atoms with Gasteiger partial charge in [-0.05, 0) is 32.1 Å². The number of hydrogen-bond donors (Lipinski definition) is 3. The van der Waals surface area contributed by atoms with Crippen molar-refractivity contribution in [2.75, 3.05) is 19.7 Å². The van der Waals surface area contributed by atoms with E-state index in [9.17, 15) is 9.59 Å². The van der Waals surface area contributed by atoms with E-state index < -0.39 is 11.5 Å². The lowest BCUT2D eigenvalue weighted by Crippen LogP contribution is -2.55. The Morgan fingerprint density at radius 2 is 2.17 bits per heavy atom. The molecule has 3 N–H and O–H groups in total. The maximum atomic E-state index is 12.0. The summed E-state index contributed by atoms with van der Waals surface area (Å²) in [7, 11) is 0. The van der Waals surface area contributed by atoms with Crippen molar-refractivity contribution in [2.24, 2.45) is 5.92 Å². The summed E-state index contributed by atoms with van der Waals surface area (Å²) in [5, 5.41) is 20.5. The molecular weight excluding hydrogens is 236 g/mol. The van der Waals surface area contributed by atoms with Crippen molar-refractivity contribution in [3.8, 4) is 0 Å². The summed E-state index contributed by atoms with van der Waals surface area (Å²) in [6, 6.07) is -0.331. The number of aliphatic hydroxyl groups is 1. The van der Waals surface area contributed by atoms with Crippen molar-refractivity contribution in [1.82, 2.24) is 10.2 Å². The predicted octanol–water partition coefficient (Wildman–Crippen LogP) is 0.654. The Morgan fingerprint density at radius 3 is 2.67 bits per heavy atom. The molecule has 1 aliphatic heterocycles. The molecule has 18 heavy (non-hydrogen) atoms. The summed E-state index contributed by atoms with van der Waals surface area (Å²) >= 11 is 0. The Bertz CT molecular complexity index is 321. The normalized spacial score (nSPS) is 22.6. The van der Waals surface area contributed by atoms with E-state index in [1.807, 2.05) is 0 Å². The van der Waals surface area contributed by atoms with Gasteiger partial charge >= 0.3 is 12.0 Å². The van der Waals surface area contributed by atoms with Crippen LogP contribution in [-0.4, -0.2) is 52.3 Å². The number of nitrogens with zero attached hydrogens (tertiary/aromatic N) is 1. The topological polar surface area (TPSA) is 89.9 Å². The van der Waals surface area contributed by atoms with E-state index in [1.165, 1.54) is 6.92 Å². The number of urea groups is 1. The second kappa shape index (κ2) is 6.04. The highest BCUT2D eigenvalue weighted by atomic mass is 16.4. The summed E-state index contributed by atoms with van der Waals surface area (Å²) in [6.45, 7) is 4.57. The number of aliphatic hydroxyl groups excluding tert-OH is 1. The average molecular weight is 258 g/mol. The van der Waals surface area contributed by atoms with Crippen LogP contribution < -0.4 is 5.32 Å². The van der Waals surface area contributed by atoms with Gasteiger partial charge in [-0.3, -0.25) is 0 Å². The molecule has 6 heteroatoms. The Balaban J connectivity index is 2.54. The first-order valence-corrected chi connectivity index (χ1v) is 6.34. The number of aliphatic carboxylic acids is 1. The maximum absolute atomic E-state index is 12.0. The van der Waals surface area contributed by atoms with Crippen LogP contribution in [-0.2, 0) is 4.79 Å². The minimum atomic E-state index is -1.22. The third-order valence-electron chi connectivity index (χ3n) is 3.67. The third kappa shape index (κ3) is 3.35. The van der Waals surface area contributed by atoms with Crippen LogP contribution in [0.2, 0.25) is 0 Å². The minimum Gasteiger partial charge on any atom is -0.480 e. The summed E-state index contributed by atoms with van der Waals surface area (Å²) in [5.41, 5.74) is -1.22. The van der Waals surface area contributed by atoms with Crippen molar-refractivity contribution in [2.45, 2.75) is 38.6 Å². The Hall–Kier alpha value is -1.30. The average Bonchev–Trinajstić information content (AvgIpc) is 2.77. The van der Waals surface area contributed by atoms with Gasteiger partial charge in [-0.25, -0.2) is 9.59 Å². The lowest BCUT2D eigenvalue weighted by Gasteiger charge is -2.28. The number of nitrogens with one attached hydrogen (secondary N) is 1. The molecule has 2 unspecified atom stereocenters. The molecular formula is C12H22N2O4. The maximum Gasteiger partial charge on any atom is 0.329 e. The molecule has 0 bridgehead atoms. The van der Waals surface area contributed by atoms with Crippen LogP contribution in [0, 0.1) is 5.92 Å². The van der Waals surface area contributed by atoms with E-state index in [-0.39, 0.29) is 12.6 Å². The molecule has 104 valence electrons. The molecule has 1 fully saturated rings. The van der Waals surface area contributed by atoms with Gasteiger partial charge in [0.15, 0.2) is 0 Å². The predicted molar refractivity (Wildman–Crippen MR) is 66.2 cm³/mol. The molecule has 2 amide bonds. The zero-order valence-electron chi connectivity index (χ0n) is 11.0. The number of carbonyl (C=O) groups excluding carboxylic acids is 1. The molecule has 1 saturated heterocycles. The van der Waals surface area contributed by atoms with Gasteiger partial charge in [-0.2, -0.15) is 0 Å². The molecule has 0 aromatic carbocycles. The van der Waals surface area contributed by atoms with Crippen LogP contribution in [0.4, 0.5) is 4.79 Å². The van der Waals surface area contributed by atoms with Crippen molar-refractivity contribution >= 4 is 12.0 Å². The molecule has 0 aromatic heterocycles. The van der Waals surface area contributed by atoms with Gasteiger partial charge in [0.05, 0.1) is 0 Å². The lowest BCUT2D eigenvalue weighted by atomic mass is 10.00. The number of carbonyl (C=O) groups is 2. The summed E-state index contributed by atoms with van der Waals surface area (Å²) < 4.78 is 0. The second-order valence-electron chi connectivity index (χ2n) is 5.03. The SMILES string of the molecule is CCC(C)(NC(=O)N1CCC(CCO)C1)C(=O)O. The Kier molecular flexibility index (Phi) is 4.95. The van der Waals surface area contributed by atoms with Gasteiger partial charge in [0.2, 0.25) is 0 Å². The minimum absolute atomic E-state index is 0.127. The van der Waals surface area contributed by atoms with Crippen molar-refractivity contribution < 1.29 is 19.8 Å². The van der Waals surface area contributed by atoms with Gasteiger partial charge in [0, 0.05) is 19.7 Å². The van der Waals surface area contributed by atoms with Crippen LogP contribution in [0.5, 0.6) is 0 Å². The van der Waals surface area contributed by atoms with E-state index in [0.29, 0.717) is 31.8 Å². The fourth-order valence-corrected chi connectivity index (χ4v) is 2.04. The first kappa shape index (κ1) is 14.8. The highest BCUT2D eigenvalue weighted by Gasteiger charge is 2.35. The van der Waals surface area contributed by atoms with Gasteiger partial charge in [-0.15, -0.1) is 0 Å². The van der Waals surface area contributed by atoms with Crippen LogP contribution in [0.15, 0.2) is 0 Å². The van der Waals surface area contributed by atoms with E-state index in [2.05, 4.69) is 5.32 Å². The molecule has 0 spiro atoms. The number of rotatable bonds is 5. The van der Waals surface area contributed by atoms with Crippen molar-refractivity contribution in [3.05, 3.63) is 0 Å². The monoisotopic (exact) mass is 258 g/mol. The van der Waals surface area contributed by atoms with Crippen LogP contribution in [0.1, 0.15) is 33.1 Å². The molecule has 1 rings (SSSR count). The summed E-state index contributed by atoms with van der Waals surface area (Å²) in [5.74, 6) is -0.706.